The highest BCUT2D eigenvalue weighted by Crippen LogP contribution is 2.33. The van der Waals surface area contributed by atoms with Gasteiger partial charge in [0.25, 0.3) is 0 Å². The Hall–Kier alpha value is -0.340. The van der Waals surface area contributed by atoms with Gasteiger partial charge in [-0.15, -0.1) is 11.3 Å². The third kappa shape index (κ3) is 2.37. The van der Waals surface area contributed by atoms with E-state index >= 15 is 0 Å². The Morgan fingerprint density at radius 3 is 2.79 bits per heavy atom. The maximum absolute atomic E-state index is 6.42. The molecule has 0 radical (unpaired) electrons. The molecule has 2 heteroatoms. The van der Waals surface area contributed by atoms with Crippen molar-refractivity contribution in [1.82, 2.24) is 0 Å². The Balaban J connectivity index is 1.96. The SMILES string of the molecule is CC1CCC(N)(Cc2cccs2)CC1. The molecular weight excluding hydrogens is 190 g/mol. The van der Waals surface area contributed by atoms with Gasteiger partial charge < -0.3 is 5.73 Å². The number of rotatable bonds is 2. The molecule has 1 saturated carbocycles. The summed E-state index contributed by atoms with van der Waals surface area (Å²) in [6.45, 7) is 2.34. The molecule has 78 valence electrons. The van der Waals surface area contributed by atoms with E-state index in [2.05, 4.69) is 24.4 Å². The average molecular weight is 209 g/mol. The van der Waals surface area contributed by atoms with Gasteiger partial charge >= 0.3 is 0 Å². The molecule has 14 heavy (non-hydrogen) atoms. The maximum atomic E-state index is 6.42. The molecule has 1 nitrogen and oxygen atoms in total. The fraction of sp³-hybridized carbons (Fsp3) is 0.667. The number of thiophene rings is 1. The lowest BCUT2D eigenvalue weighted by Crippen LogP contribution is -2.44. The second-order valence-electron chi connectivity index (χ2n) is 4.80. The first-order valence-electron chi connectivity index (χ1n) is 5.49. The summed E-state index contributed by atoms with van der Waals surface area (Å²) in [5.74, 6) is 0.884. The molecule has 0 atom stereocenters. The van der Waals surface area contributed by atoms with Crippen molar-refractivity contribution in [3.05, 3.63) is 22.4 Å². The van der Waals surface area contributed by atoms with Crippen molar-refractivity contribution in [3.8, 4) is 0 Å². The Kier molecular flexibility index (Phi) is 2.93. The molecule has 0 aromatic carbocycles. The zero-order chi connectivity index (χ0) is 10.0. The highest BCUT2D eigenvalue weighted by Gasteiger charge is 2.30. The summed E-state index contributed by atoms with van der Waals surface area (Å²) in [5.41, 5.74) is 6.51. The topological polar surface area (TPSA) is 26.0 Å². The summed E-state index contributed by atoms with van der Waals surface area (Å²) < 4.78 is 0. The lowest BCUT2D eigenvalue weighted by Gasteiger charge is -2.35. The summed E-state index contributed by atoms with van der Waals surface area (Å²) in [5, 5.41) is 2.14. The molecule has 0 amide bonds. The van der Waals surface area contributed by atoms with Crippen LogP contribution in [0.1, 0.15) is 37.5 Å². The van der Waals surface area contributed by atoms with E-state index < -0.39 is 0 Å². The van der Waals surface area contributed by atoms with Gasteiger partial charge in [0.1, 0.15) is 0 Å². The second-order valence-corrected chi connectivity index (χ2v) is 5.83. The van der Waals surface area contributed by atoms with Crippen molar-refractivity contribution in [3.63, 3.8) is 0 Å². The first-order valence-corrected chi connectivity index (χ1v) is 6.37. The van der Waals surface area contributed by atoms with Gasteiger partial charge in [-0.2, -0.15) is 0 Å². The van der Waals surface area contributed by atoms with Crippen LogP contribution in [-0.2, 0) is 6.42 Å². The zero-order valence-electron chi connectivity index (χ0n) is 8.83. The molecular formula is C12H19NS. The number of hydrogen-bond donors (Lipinski definition) is 1. The van der Waals surface area contributed by atoms with E-state index in [-0.39, 0.29) is 5.54 Å². The van der Waals surface area contributed by atoms with Crippen molar-refractivity contribution >= 4 is 11.3 Å². The minimum absolute atomic E-state index is 0.0946. The van der Waals surface area contributed by atoms with Crippen LogP contribution in [0, 0.1) is 5.92 Å². The second kappa shape index (κ2) is 4.03. The highest BCUT2D eigenvalue weighted by molar-refractivity contribution is 7.09. The minimum atomic E-state index is 0.0946. The van der Waals surface area contributed by atoms with Gasteiger partial charge in [-0.3, -0.25) is 0 Å². The zero-order valence-corrected chi connectivity index (χ0v) is 9.65. The highest BCUT2D eigenvalue weighted by atomic mass is 32.1. The molecule has 2 rings (SSSR count). The van der Waals surface area contributed by atoms with Crippen LogP contribution in [0.4, 0.5) is 0 Å². The quantitative estimate of drug-likeness (QED) is 0.795. The van der Waals surface area contributed by atoms with Crippen LogP contribution in [0.15, 0.2) is 17.5 Å². The molecule has 0 aliphatic heterocycles. The fourth-order valence-electron chi connectivity index (χ4n) is 2.27. The third-order valence-corrected chi connectivity index (χ3v) is 4.25. The van der Waals surface area contributed by atoms with Crippen molar-refractivity contribution in [1.29, 1.82) is 0 Å². The van der Waals surface area contributed by atoms with Crippen molar-refractivity contribution in [2.75, 3.05) is 0 Å². The van der Waals surface area contributed by atoms with Gasteiger partial charge in [-0.05, 0) is 49.5 Å². The van der Waals surface area contributed by atoms with Gasteiger partial charge in [0.2, 0.25) is 0 Å². The van der Waals surface area contributed by atoms with Crippen LogP contribution in [-0.4, -0.2) is 5.54 Å². The van der Waals surface area contributed by atoms with E-state index in [1.54, 1.807) is 0 Å². The van der Waals surface area contributed by atoms with Crippen molar-refractivity contribution in [2.45, 2.75) is 44.6 Å². The molecule has 0 saturated heterocycles. The largest absolute Gasteiger partial charge is 0.325 e. The van der Waals surface area contributed by atoms with E-state index in [9.17, 15) is 0 Å². The van der Waals surface area contributed by atoms with Crippen LogP contribution in [0.5, 0.6) is 0 Å². The molecule has 1 aliphatic carbocycles. The molecule has 1 aromatic rings. The Bertz CT molecular complexity index is 271. The summed E-state index contributed by atoms with van der Waals surface area (Å²) in [4.78, 5) is 1.45. The van der Waals surface area contributed by atoms with Crippen molar-refractivity contribution in [2.24, 2.45) is 11.7 Å². The lowest BCUT2D eigenvalue weighted by molar-refractivity contribution is 0.245. The Labute approximate surface area is 90.3 Å². The van der Waals surface area contributed by atoms with Gasteiger partial charge in [0, 0.05) is 10.4 Å². The Morgan fingerprint density at radius 2 is 2.21 bits per heavy atom. The van der Waals surface area contributed by atoms with Crippen LogP contribution in [0.25, 0.3) is 0 Å². The van der Waals surface area contributed by atoms with Crippen LogP contribution < -0.4 is 5.73 Å². The first kappa shape index (κ1) is 10.2. The lowest BCUT2D eigenvalue weighted by atomic mass is 9.76. The van der Waals surface area contributed by atoms with E-state index in [1.165, 1.54) is 30.6 Å². The van der Waals surface area contributed by atoms with Crippen LogP contribution in [0.3, 0.4) is 0 Å². The van der Waals surface area contributed by atoms with Gasteiger partial charge in [0.05, 0.1) is 0 Å². The average Bonchev–Trinajstić information content (AvgIpc) is 2.63. The molecule has 2 N–H and O–H groups in total. The maximum Gasteiger partial charge on any atom is 0.0203 e. The predicted octanol–water partition coefficient (Wildman–Crippen LogP) is 3.20. The molecule has 0 spiro atoms. The summed E-state index contributed by atoms with van der Waals surface area (Å²) in [6.07, 6.45) is 6.10. The van der Waals surface area contributed by atoms with Crippen molar-refractivity contribution < 1.29 is 0 Å². The fourth-order valence-corrected chi connectivity index (χ4v) is 3.13. The van der Waals surface area contributed by atoms with E-state index in [1.807, 2.05) is 11.3 Å². The van der Waals surface area contributed by atoms with Crippen LogP contribution in [0.2, 0.25) is 0 Å². The van der Waals surface area contributed by atoms with Gasteiger partial charge in [-0.1, -0.05) is 13.0 Å². The smallest absolute Gasteiger partial charge is 0.0203 e. The number of nitrogens with two attached hydrogens (primary N) is 1. The van der Waals surface area contributed by atoms with E-state index in [0.717, 1.165) is 12.3 Å². The van der Waals surface area contributed by atoms with Crippen LogP contribution >= 0.6 is 11.3 Å². The van der Waals surface area contributed by atoms with Gasteiger partial charge in [0.15, 0.2) is 0 Å². The van der Waals surface area contributed by atoms with E-state index in [4.69, 9.17) is 5.73 Å². The Morgan fingerprint density at radius 1 is 1.50 bits per heavy atom. The summed E-state index contributed by atoms with van der Waals surface area (Å²) in [7, 11) is 0. The normalized spacial score (nSPS) is 33.1. The monoisotopic (exact) mass is 209 g/mol. The molecule has 1 aromatic heterocycles. The summed E-state index contributed by atoms with van der Waals surface area (Å²) in [6, 6.07) is 4.33. The van der Waals surface area contributed by atoms with E-state index in [0.29, 0.717) is 0 Å². The molecule has 0 unspecified atom stereocenters. The summed E-state index contributed by atoms with van der Waals surface area (Å²) >= 11 is 1.84. The molecule has 1 heterocycles. The minimum Gasteiger partial charge on any atom is -0.325 e. The predicted molar refractivity (Wildman–Crippen MR) is 62.6 cm³/mol. The molecule has 1 fully saturated rings. The number of hydrogen-bond acceptors (Lipinski definition) is 2. The first-order chi connectivity index (χ1) is 6.68. The molecule has 0 bridgehead atoms. The van der Waals surface area contributed by atoms with Gasteiger partial charge in [-0.25, -0.2) is 0 Å². The molecule has 1 aliphatic rings. The standard InChI is InChI=1S/C12H19NS/c1-10-4-6-12(13,7-5-10)9-11-3-2-8-14-11/h2-3,8,10H,4-7,9,13H2,1H3. The third-order valence-electron chi connectivity index (χ3n) is 3.38.